The van der Waals surface area contributed by atoms with E-state index in [4.69, 9.17) is 5.73 Å². The molecule has 6 nitrogen and oxygen atoms in total. The molecule has 2 aromatic rings. The van der Waals surface area contributed by atoms with Gasteiger partial charge in [0.15, 0.2) is 5.96 Å². The first kappa shape index (κ1) is 18.0. The van der Waals surface area contributed by atoms with Crippen LogP contribution >= 0.6 is 0 Å². The molecule has 0 fully saturated rings. The highest BCUT2D eigenvalue weighted by Gasteiger charge is 2.10. The van der Waals surface area contributed by atoms with Gasteiger partial charge in [-0.25, -0.2) is 18.1 Å². The van der Waals surface area contributed by atoms with E-state index in [1.807, 2.05) is 18.2 Å². The van der Waals surface area contributed by atoms with Crippen LogP contribution in [0.2, 0.25) is 0 Å². The average Bonchev–Trinajstić information content (AvgIpc) is 2.60. The normalized spacial score (nSPS) is 12.2. The standard InChI is InChI=1S/C17H22N4O2S/c1-3-13-5-4-6-15(11-13)21-17(18)20-12-14-7-9-16(10-8-14)24(22,23)19-2/h4-11,19H,3,12H2,1-2H3,(H3,18,20,21). The van der Waals surface area contributed by atoms with Crippen molar-refractivity contribution in [3.05, 3.63) is 59.7 Å². The van der Waals surface area contributed by atoms with E-state index in [1.165, 1.54) is 12.6 Å². The number of rotatable bonds is 6. The van der Waals surface area contributed by atoms with E-state index in [0.717, 1.165) is 17.7 Å². The van der Waals surface area contributed by atoms with E-state index >= 15 is 0 Å². The van der Waals surface area contributed by atoms with Gasteiger partial charge in [-0.3, -0.25) is 0 Å². The monoisotopic (exact) mass is 346 g/mol. The molecule has 0 saturated heterocycles. The maximum atomic E-state index is 11.7. The molecule has 7 heteroatoms. The number of anilines is 1. The van der Waals surface area contributed by atoms with Crippen LogP contribution in [0.4, 0.5) is 5.69 Å². The van der Waals surface area contributed by atoms with Crippen LogP contribution in [0, 0.1) is 0 Å². The van der Waals surface area contributed by atoms with E-state index in [-0.39, 0.29) is 4.90 Å². The quantitative estimate of drug-likeness (QED) is 0.551. The third-order valence-electron chi connectivity index (χ3n) is 3.54. The summed E-state index contributed by atoms with van der Waals surface area (Å²) in [6, 6.07) is 14.5. The summed E-state index contributed by atoms with van der Waals surface area (Å²) in [5, 5.41) is 3.05. The minimum atomic E-state index is -3.42. The first-order valence-corrected chi connectivity index (χ1v) is 9.11. The second-order valence-corrected chi connectivity index (χ2v) is 7.12. The van der Waals surface area contributed by atoms with Crippen LogP contribution < -0.4 is 15.8 Å². The Morgan fingerprint density at radius 3 is 2.46 bits per heavy atom. The van der Waals surface area contributed by atoms with Crippen LogP contribution in [0.1, 0.15) is 18.1 Å². The van der Waals surface area contributed by atoms with Crippen molar-refractivity contribution in [3.63, 3.8) is 0 Å². The molecule has 2 rings (SSSR count). The van der Waals surface area contributed by atoms with Crippen molar-refractivity contribution in [1.82, 2.24) is 4.72 Å². The van der Waals surface area contributed by atoms with Crippen LogP contribution in [0.3, 0.4) is 0 Å². The van der Waals surface area contributed by atoms with E-state index < -0.39 is 10.0 Å². The number of hydrogen-bond donors (Lipinski definition) is 3. The Morgan fingerprint density at radius 1 is 1.12 bits per heavy atom. The Morgan fingerprint density at radius 2 is 1.83 bits per heavy atom. The predicted octanol–water partition coefficient (Wildman–Crippen LogP) is 2.08. The largest absolute Gasteiger partial charge is 0.370 e. The molecule has 0 aliphatic heterocycles. The Labute approximate surface area is 142 Å². The van der Waals surface area contributed by atoms with Crippen molar-refractivity contribution in [3.8, 4) is 0 Å². The topological polar surface area (TPSA) is 96.6 Å². The Kier molecular flexibility index (Phi) is 5.94. The molecule has 0 aliphatic rings. The molecule has 0 saturated carbocycles. The zero-order chi connectivity index (χ0) is 17.6. The third kappa shape index (κ3) is 4.81. The van der Waals surface area contributed by atoms with Gasteiger partial charge in [-0.15, -0.1) is 0 Å². The fraction of sp³-hybridized carbons (Fsp3) is 0.235. The zero-order valence-corrected chi connectivity index (χ0v) is 14.6. The number of aliphatic imine (C=N–C) groups is 1. The lowest BCUT2D eigenvalue weighted by atomic mass is 10.1. The Bertz CT molecular complexity index is 815. The molecule has 0 aromatic heterocycles. The van der Waals surface area contributed by atoms with Gasteiger partial charge in [-0.1, -0.05) is 31.2 Å². The fourth-order valence-electron chi connectivity index (χ4n) is 2.12. The number of nitrogens with zero attached hydrogens (tertiary/aromatic N) is 1. The molecule has 0 radical (unpaired) electrons. The van der Waals surface area contributed by atoms with E-state index in [0.29, 0.717) is 12.5 Å². The van der Waals surface area contributed by atoms with E-state index in [9.17, 15) is 8.42 Å². The van der Waals surface area contributed by atoms with Crippen molar-refractivity contribution < 1.29 is 8.42 Å². The molecule has 0 amide bonds. The number of benzene rings is 2. The van der Waals surface area contributed by atoms with Gasteiger partial charge in [0.25, 0.3) is 0 Å². The SMILES string of the molecule is CCc1cccc(NC(N)=NCc2ccc(S(=O)(=O)NC)cc2)c1. The van der Waals surface area contributed by atoms with Crippen molar-refractivity contribution in [2.45, 2.75) is 24.8 Å². The minimum Gasteiger partial charge on any atom is -0.370 e. The van der Waals surface area contributed by atoms with Gasteiger partial charge < -0.3 is 11.1 Å². The summed E-state index contributed by atoms with van der Waals surface area (Å²) in [5.41, 5.74) is 8.88. The molecule has 0 unspecified atom stereocenters. The Balaban J connectivity index is 2.01. The molecule has 0 bridgehead atoms. The number of nitrogens with two attached hydrogens (primary N) is 1. The second-order valence-electron chi connectivity index (χ2n) is 5.23. The minimum absolute atomic E-state index is 0.222. The lowest BCUT2D eigenvalue weighted by Gasteiger charge is -2.07. The molecular formula is C17H22N4O2S. The molecule has 0 aliphatic carbocycles. The first-order valence-electron chi connectivity index (χ1n) is 7.63. The van der Waals surface area contributed by atoms with Gasteiger partial charge in [0.1, 0.15) is 0 Å². The summed E-state index contributed by atoms with van der Waals surface area (Å²) >= 11 is 0. The van der Waals surface area contributed by atoms with Crippen LogP contribution in [-0.2, 0) is 23.0 Å². The van der Waals surface area contributed by atoms with Crippen molar-refractivity contribution in [1.29, 1.82) is 0 Å². The van der Waals surface area contributed by atoms with Gasteiger partial charge in [0.2, 0.25) is 10.0 Å². The highest BCUT2D eigenvalue weighted by Crippen LogP contribution is 2.12. The first-order chi connectivity index (χ1) is 11.4. The van der Waals surface area contributed by atoms with Gasteiger partial charge in [0.05, 0.1) is 11.4 Å². The molecule has 2 aromatic carbocycles. The van der Waals surface area contributed by atoms with E-state index in [1.54, 1.807) is 24.3 Å². The lowest BCUT2D eigenvalue weighted by molar-refractivity contribution is 0.588. The van der Waals surface area contributed by atoms with Crippen LogP contribution in [0.15, 0.2) is 58.4 Å². The highest BCUT2D eigenvalue weighted by atomic mass is 32.2. The molecule has 0 heterocycles. The molecular weight excluding hydrogens is 324 g/mol. The van der Waals surface area contributed by atoms with Crippen LogP contribution in [-0.4, -0.2) is 21.4 Å². The van der Waals surface area contributed by atoms with Gasteiger partial charge in [-0.2, -0.15) is 0 Å². The number of hydrogen-bond acceptors (Lipinski definition) is 3. The van der Waals surface area contributed by atoms with Crippen molar-refractivity contribution in [2.24, 2.45) is 10.7 Å². The Hall–Kier alpha value is -2.38. The summed E-state index contributed by atoms with van der Waals surface area (Å²) in [5.74, 6) is 0.315. The number of aryl methyl sites for hydroxylation is 1. The second kappa shape index (κ2) is 7.94. The number of guanidine groups is 1. The third-order valence-corrected chi connectivity index (χ3v) is 4.97. The van der Waals surface area contributed by atoms with E-state index in [2.05, 4.69) is 28.0 Å². The predicted molar refractivity (Wildman–Crippen MR) is 97.5 cm³/mol. The van der Waals surface area contributed by atoms with Gasteiger partial charge in [-0.05, 0) is 48.9 Å². The summed E-state index contributed by atoms with van der Waals surface area (Å²) in [7, 11) is -2.03. The number of nitrogens with one attached hydrogen (secondary N) is 2. The average molecular weight is 346 g/mol. The van der Waals surface area contributed by atoms with Crippen LogP contribution in [0.25, 0.3) is 0 Å². The van der Waals surface area contributed by atoms with Crippen molar-refractivity contribution >= 4 is 21.7 Å². The number of sulfonamides is 1. The summed E-state index contributed by atoms with van der Waals surface area (Å²) in [4.78, 5) is 4.50. The van der Waals surface area contributed by atoms with Gasteiger partial charge in [0, 0.05) is 5.69 Å². The molecule has 128 valence electrons. The fourth-order valence-corrected chi connectivity index (χ4v) is 2.85. The maximum absolute atomic E-state index is 11.7. The zero-order valence-electron chi connectivity index (χ0n) is 13.8. The van der Waals surface area contributed by atoms with Crippen LogP contribution in [0.5, 0.6) is 0 Å². The summed E-state index contributed by atoms with van der Waals surface area (Å²) in [6.07, 6.45) is 0.953. The highest BCUT2D eigenvalue weighted by molar-refractivity contribution is 7.89. The summed E-state index contributed by atoms with van der Waals surface area (Å²) in [6.45, 7) is 2.46. The summed E-state index contributed by atoms with van der Waals surface area (Å²) < 4.78 is 25.6. The lowest BCUT2D eigenvalue weighted by Crippen LogP contribution is -2.22. The van der Waals surface area contributed by atoms with Gasteiger partial charge >= 0.3 is 0 Å². The smallest absolute Gasteiger partial charge is 0.240 e. The molecule has 4 N–H and O–H groups in total. The molecule has 24 heavy (non-hydrogen) atoms. The molecule has 0 atom stereocenters. The van der Waals surface area contributed by atoms with Crippen molar-refractivity contribution in [2.75, 3.05) is 12.4 Å². The maximum Gasteiger partial charge on any atom is 0.240 e. The molecule has 0 spiro atoms.